The van der Waals surface area contributed by atoms with Crippen LogP contribution in [0.15, 0.2) is 12.4 Å². The summed E-state index contributed by atoms with van der Waals surface area (Å²) in [5, 5.41) is 4.14. The van der Waals surface area contributed by atoms with E-state index in [2.05, 4.69) is 5.10 Å². The van der Waals surface area contributed by atoms with Crippen molar-refractivity contribution in [3.8, 4) is 5.75 Å². The van der Waals surface area contributed by atoms with Gasteiger partial charge in [-0.25, -0.2) is 0 Å². The molecule has 2 fully saturated rings. The molecular formula is C14H19F3N2O3. The van der Waals surface area contributed by atoms with Crippen LogP contribution in [0.25, 0.3) is 0 Å². The second-order valence-corrected chi connectivity index (χ2v) is 5.97. The fourth-order valence-corrected chi connectivity index (χ4v) is 3.08. The molecule has 1 aliphatic heterocycles. The van der Waals surface area contributed by atoms with E-state index in [1.54, 1.807) is 17.1 Å². The number of alkyl halides is 3. The van der Waals surface area contributed by atoms with Gasteiger partial charge in [-0.15, -0.1) is 0 Å². The van der Waals surface area contributed by atoms with Crippen LogP contribution in [0.5, 0.6) is 5.75 Å². The van der Waals surface area contributed by atoms with E-state index in [-0.39, 0.29) is 24.9 Å². The molecule has 22 heavy (non-hydrogen) atoms. The summed E-state index contributed by atoms with van der Waals surface area (Å²) in [5.74, 6) is 0.535. The van der Waals surface area contributed by atoms with E-state index in [1.165, 1.54) is 0 Å². The number of hydrogen-bond donors (Lipinski definition) is 0. The minimum atomic E-state index is -4.32. The van der Waals surface area contributed by atoms with Crippen molar-refractivity contribution >= 4 is 0 Å². The van der Waals surface area contributed by atoms with Crippen LogP contribution in [0.4, 0.5) is 13.2 Å². The van der Waals surface area contributed by atoms with Gasteiger partial charge in [0.2, 0.25) is 0 Å². The lowest BCUT2D eigenvalue weighted by molar-refractivity contribution is -0.309. The van der Waals surface area contributed by atoms with Crippen molar-refractivity contribution in [2.24, 2.45) is 5.92 Å². The molecule has 0 bridgehead atoms. The molecule has 1 aromatic rings. The molecule has 5 nitrogen and oxygen atoms in total. The van der Waals surface area contributed by atoms with Gasteiger partial charge >= 0.3 is 6.18 Å². The van der Waals surface area contributed by atoms with Crippen molar-refractivity contribution in [3.63, 3.8) is 0 Å². The lowest BCUT2D eigenvalue weighted by atomic mass is 9.70. The van der Waals surface area contributed by atoms with E-state index in [0.29, 0.717) is 25.5 Å². The molecule has 3 rings (SSSR count). The van der Waals surface area contributed by atoms with Gasteiger partial charge in [0.25, 0.3) is 0 Å². The van der Waals surface area contributed by atoms with Gasteiger partial charge in [-0.05, 0) is 18.8 Å². The summed E-state index contributed by atoms with van der Waals surface area (Å²) in [6.45, 7) is 1.69. The Morgan fingerprint density at radius 3 is 2.82 bits per heavy atom. The molecule has 1 aliphatic carbocycles. The summed E-state index contributed by atoms with van der Waals surface area (Å²) in [6, 6.07) is 0. The molecule has 2 aliphatic rings. The maximum Gasteiger partial charge on any atom is 0.417 e. The van der Waals surface area contributed by atoms with E-state index in [0.717, 1.165) is 13.5 Å². The van der Waals surface area contributed by atoms with E-state index in [4.69, 9.17) is 14.2 Å². The summed E-state index contributed by atoms with van der Waals surface area (Å²) in [4.78, 5) is 0. The zero-order valence-electron chi connectivity index (χ0n) is 12.3. The highest BCUT2D eigenvalue weighted by Crippen LogP contribution is 2.51. The number of aromatic nitrogens is 2. The number of rotatable bonds is 5. The number of nitrogens with zero attached hydrogens (tertiary/aromatic N) is 2. The molecule has 0 aromatic carbocycles. The molecule has 0 spiro atoms. The first-order chi connectivity index (χ1) is 10.4. The van der Waals surface area contributed by atoms with Gasteiger partial charge in [-0.3, -0.25) is 4.68 Å². The van der Waals surface area contributed by atoms with Crippen LogP contribution in [0, 0.1) is 5.92 Å². The quantitative estimate of drug-likeness (QED) is 0.836. The second-order valence-electron chi connectivity index (χ2n) is 5.97. The molecule has 1 saturated carbocycles. The minimum absolute atomic E-state index is 0.0283. The van der Waals surface area contributed by atoms with Gasteiger partial charge in [-0.2, -0.15) is 18.3 Å². The van der Waals surface area contributed by atoms with Gasteiger partial charge in [0.1, 0.15) is 6.10 Å². The fourth-order valence-electron chi connectivity index (χ4n) is 3.08. The summed E-state index contributed by atoms with van der Waals surface area (Å²) < 4.78 is 56.0. The zero-order valence-corrected chi connectivity index (χ0v) is 12.3. The largest absolute Gasteiger partial charge is 0.485 e. The van der Waals surface area contributed by atoms with Crippen molar-refractivity contribution in [1.82, 2.24) is 9.78 Å². The first kappa shape index (κ1) is 15.6. The monoisotopic (exact) mass is 320 g/mol. The van der Waals surface area contributed by atoms with Gasteiger partial charge < -0.3 is 14.2 Å². The van der Waals surface area contributed by atoms with Crippen LogP contribution in [-0.4, -0.2) is 48.0 Å². The van der Waals surface area contributed by atoms with Crippen molar-refractivity contribution in [2.45, 2.75) is 43.7 Å². The van der Waals surface area contributed by atoms with Crippen LogP contribution < -0.4 is 4.74 Å². The van der Waals surface area contributed by atoms with Crippen molar-refractivity contribution < 1.29 is 27.4 Å². The topological polar surface area (TPSA) is 45.5 Å². The molecule has 124 valence electrons. The van der Waals surface area contributed by atoms with Crippen molar-refractivity contribution in [3.05, 3.63) is 12.4 Å². The lowest BCUT2D eigenvalue weighted by Crippen LogP contribution is -2.57. The SMILES string of the molecule is COC1(C(F)(F)F)CC(Cn2cc(OC3CCOC3)cn2)C1. The molecule has 1 unspecified atom stereocenters. The first-order valence-electron chi connectivity index (χ1n) is 7.30. The van der Waals surface area contributed by atoms with Crippen molar-refractivity contribution in [2.75, 3.05) is 20.3 Å². The summed E-state index contributed by atoms with van der Waals surface area (Å²) in [7, 11) is 1.12. The van der Waals surface area contributed by atoms with Crippen LogP contribution >= 0.6 is 0 Å². The Balaban J connectivity index is 1.52. The average Bonchev–Trinajstić information content (AvgIpc) is 3.04. The Kier molecular flexibility index (Phi) is 4.07. The maximum atomic E-state index is 12.9. The molecule has 0 radical (unpaired) electrons. The van der Waals surface area contributed by atoms with Gasteiger partial charge in [-0.1, -0.05) is 0 Å². The maximum absolute atomic E-state index is 12.9. The molecule has 1 saturated heterocycles. The molecule has 2 heterocycles. The zero-order chi connectivity index (χ0) is 15.8. The Bertz CT molecular complexity index is 506. The Morgan fingerprint density at radius 2 is 2.23 bits per heavy atom. The third kappa shape index (κ3) is 2.94. The lowest BCUT2D eigenvalue weighted by Gasteiger charge is -2.47. The number of methoxy groups -OCH3 is 1. The predicted octanol–water partition coefficient (Wildman–Crippen LogP) is 2.41. The molecule has 8 heteroatoms. The van der Waals surface area contributed by atoms with Crippen LogP contribution in [0.3, 0.4) is 0 Å². The summed E-state index contributed by atoms with van der Waals surface area (Å²) >= 11 is 0. The number of halogens is 3. The fraction of sp³-hybridized carbons (Fsp3) is 0.786. The van der Waals surface area contributed by atoms with Crippen LogP contribution in [0.1, 0.15) is 19.3 Å². The van der Waals surface area contributed by atoms with Crippen LogP contribution in [-0.2, 0) is 16.0 Å². The standard InChI is InChI=1S/C14H19F3N2O3/c1-20-13(14(15,16)17)4-10(5-13)7-19-8-12(6-18-19)22-11-2-3-21-9-11/h6,8,10-11H,2-5,7,9H2,1H3. The van der Waals surface area contributed by atoms with Gasteiger partial charge in [0.05, 0.1) is 25.6 Å². The number of hydrogen-bond acceptors (Lipinski definition) is 4. The molecular weight excluding hydrogens is 301 g/mol. The van der Waals surface area contributed by atoms with Gasteiger partial charge in [0.15, 0.2) is 11.4 Å². The normalized spacial score (nSPS) is 32.0. The highest BCUT2D eigenvalue weighted by molar-refractivity contribution is 5.13. The summed E-state index contributed by atoms with van der Waals surface area (Å²) in [5.41, 5.74) is -1.98. The van der Waals surface area contributed by atoms with Gasteiger partial charge in [0, 0.05) is 20.1 Å². The molecule has 0 N–H and O–H groups in total. The van der Waals surface area contributed by atoms with E-state index >= 15 is 0 Å². The highest BCUT2D eigenvalue weighted by Gasteiger charge is 2.62. The van der Waals surface area contributed by atoms with E-state index < -0.39 is 11.8 Å². The second kappa shape index (κ2) is 5.73. The highest BCUT2D eigenvalue weighted by atomic mass is 19.4. The van der Waals surface area contributed by atoms with Crippen LogP contribution in [0.2, 0.25) is 0 Å². The smallest absolute Gasteiger partial charge is 0.417 e. The number of ether oxygens (including phenoxy) is 3. The predicted molar refractivity (Wildman–Crippen MR) is 70.6 cm³/mol. The summed E-state index contributed by atoms with van der Waals surface area (Å²) in [6.07, 6.45) is -0.190. The Labute approximate surface area is 126 Å². The third-order valence-corrected chi connectivity index (χ3v) is 4.39. The Morgan fingerprint density at radius 1 is 1.45 bits per heavy atom. The van der Waals surface area contributed by atoms with E-state index in [1.807, 2.05) is 0 Å². The minimum Gasteiger partial charge on any atom is -0.485 e. The van der Waals surface area contributed by atoms with Crippen molar-refractivity contribution in [1.29, 1.82) is 0 Å². The Hall–Kier alpha value is -1.28. The van der Waals surface area contributed by atoms with E-state index in [9.17, 15) is 13.2 Å². The first-order valence-corrected chi connectivity index (χ1v) is 7.30. The average molecular weight is 320 g/mol. The third-order valence-electron chi connectivity index (χ3n) is 4.39. The molecule has 0 amide bonds. The molecule has 1 aromatic heterocycles. The molecule has 1 atom stereocenters.